The number of rotatable bonds is 12. The summed E-state index contributed by atoms with van der Waals surface area (Å²) >= 11 is 0. The van der Waals surface area contributed by atoms with Gasteiger partial charge in [0.25, 0.3) is 0 Å². The van der Waals surface area contributed by atoms with Crippen molar-refractivity contribution in [2.75, 3.05) is 13.2 Å². The average molecular weight is 307 g/mol. The summed E-state index contributed by atoms with van der Waals surface area (Å²) in [6.45, 7) is 5.97. The summed E-state index contributed by atoms with van der Waals surface area (Å²) in [4.78, 5) is 0. The van der Waals surface area contributed by atoms with Gasteiger partial charge in [0.15, 0.2) is 0 Å². The first-order valence-corrected chi connectivity index (χ1v) is 7.61. The molecule has 0 aliphatic carbocycles. The lowest BCUT2D eigenvalue weighted by Crippen LogP contribution is -2.26. The van der Waals surface area contributed by atoms with E-state index in [0.717, 1.165) is 25.7 Å². The minimum Gasteiger partial charge on any atom is -0.364 e. The molecule has 122 valence electrons. The minimum absolute atomic E-state index is 0.190. The Morgan fingerprint density at radius 2 is 1.36 bits per heavy atom. The van der Waals surface area contributed by atoms with E-state index in [9.17, 15) is 0 Å². The van der Waals surface area contributed by atoms with Gasteiger partial charge in [-0.2, -0.15) is 15.8 Å². The topological polar surface area (TPSA) is 99.1 Å². The first-order chi connectivity index (χ1) is 10.5. The van der Waals surface area contributed by atoms with E-state index in [1.54, 1.807) is 20.8 Å². The van der Waals surface area contributed by atoms with Gasteiger partial charge in [-0.15, -0.1) is 0 Å². The molecule has 0 aromatic carbocycles. The van der Waals surface area contributed by atoms with Crippen LogP contribution in [0.15, 0.2) is 0 Å². The molecule has 4 unspecified atom stereocenters. The number of nitriles is 3. The zero-order chi connectivity index (χ0) is 16.8. The third-order valence-corrected chi connectivity index (χ3v) is 3.01. The van der Waals surface area contributed by atoms with Crippen LogP contribution in [0.25, 0.3) is 0 Å². The fourth-order valence-corrected chi connectivity index (χ4v) is 1.75. The smallest absolute Gasteiger partial charge is 0.141 e. The highest BCUT2D eigenvalue weighted by atomic mass is 16.5. The molecule has 0 rings (SSSR count). The van der Waals surface area contributed by atoms with E-state index in [2.05, 4.69) is 0 Å². The molecule has 0 saturated heterocycles. The second-order valence-corrected chi connectivity index (χ2v) is 5.13. The summed E-state index contributed by atoms with van der Waals surface area (Å²) in [5.74, 6) is 0. The molecular formula is C16H25N3O3. The van der Waals surface area contributed by atoms with Gasteiger partial charge in [0.1, 0.15) is 18.3 Å². The monoisotopic (exact) mass is 307 g/mol. The normalized spacial score (nSPS) is 15.8. The summed E-state index contributed by atoms with van der Waals surface area (Å²) in [6, 6.07) is 6.05. The highest BCUT2D eigenvalue weighted by Crippen LogP contribution is 2.11. The lowest BCUT2D eigenvalue weighted by molar-refractivity contribution is -0.0462. The highest BCUT2D eigenvalue weighted by molar-refractivity contribution is 4.82. The van der Waals surface area contributed by atoms with Crippen LogP contribution in [-0.4, -0.2) is 37.6 Å². The lowest BCUT2D eigenvalue weighted by atomic mass is 10.1. The van der Waals surface area contributed by atoms with E-state index < -0.39 is 12.2 Å². The number of hydrogen-bond acceptors (Lipinski definition) is 6. The molecule has 0 saturated carbocycles. The maximum absolute atomic E-state index is 8.81. The van der Waals surface area contributed by atoms with Gasteiger partial charge in [0, 0.05) is 6.61 Å². The second-order valence-electron chi connectivity index (χ2n) is 5.13. The molecule has 0 aliphatic rings. The predicted molar refractivity (Wildman–Crippen MR) is 80.5 cm³/mol. The van der Waals surface area contributed by atoms with E-state index in [-0.39, 0.29) is 12.2 Å². The molecule has 0 aromatic rings. The van der Waals surface area contributed by atoms with Crippen LogP contribution >= 0.6 is 0 Å². The van der Waals surface area contributed by atoms with Crippen LogP contribution in [-0.2, 0) is 14.2 Å². The Labute approximate surface area is 133 Å². The molecule has 0 aliphatic heterocycles. The Bertz CT molecular complexity index is 408. The first-order valence-electron chi connectivity index (χ1n) is 7.61. The first kappa shape index (κ1) is 20.3. The quantitative estimate of drug-likeness (QED) is 0.514. The number of nitrogens with zero attached hydrogens (tertiary/aromatic N) is 3. The van der Waals surface area contributed by atoms with Crippen molar-refractivity contribution >= 4 is 0 Å². The van der Waals surface area contributed by atoms with Gasteiger partial charge in [-0.25, -0.2) is 0 Å². The highest BCUT2D eigenvalue weighted by Gasteiger charge is 2.15. The average Bonchev–Trinajstić information content (AvgIpc) is 2.54. The van der Waals surface area contributed by atoms with Crippen molar-refractivity contribution in [2.45, 2.75) is 70.9 Å². The van der Waals surface area contributed by atoms with Gasteiger partial charge in [-0.3, -0.25) is 0 Å². The van der Waals surface area contributed by atoms with Crippen molar-refractivity contribution in [1.82, 2.24) is 0 Å². The number of unbranched alkanes of at least 4 members (excludes halogenated alkanes) is 2. The van der Waals surface area contributed by atoms with E-state index in [1.807, 2.05) is 18.2 Å². The second kappa shape index (κ2) is 13.0. The van der Waals surface area contributed by atoms with Gasteiger partial charge >= 0.3 is 0 Å². The zero-order valence-corrected chi connectivity index (χ0v) is 13.6. The molecule has 0 amide bonds. The summed E-state index contributed by atoms with van der Waals surface area (Å²) in [6.07, 6.45) is 1.97. The largest absolute Gasteiger partial charge is 0.364 e. The van der Waals surface area contributed by atoms with Gasteiger partial charge in [0.05, 0.1) is 30.9 Å². The predicted octanol–water partition coefficient (Wildman–Crippen LogP) is 2.70. The Hall–Kier alpha value is -1.65. The van der Waals surface area contributed by atoms with Crippen LogP contribution in [0.4, 0.5) is 0 Å². The van der Waals surface area contributed by atoms with Crippen molar-refractivity contribution in [1.29, 1.82) is 15.8 Å². The van der Waals surface area contributed by atoms with E-state index >= 15 is 0 Å². The molecule has 0 N–H and O–H groups in total. The number of ether oxygens (including phenoxy) is 3. The number of hydrogen-bond donors (Lipinski definition) is 0. The molecule has 22 heavy (non-hydrogen) atoms. The SMILES string of the molecule is CC(C#N)OCCCCCC(COC(C)C#N)OC(C)C#N. The van der Waals surface area contributed by atoms with Crippen LogP contribution < -0.4 is 0 Å². The van der Waals surface area contributed by atoms with E-state index in [4.69, 9.17) is 30.0 Å². The van der Waals surface area contributed by atoms with Crippen molar-refractivity contribution in [3.05, 3.63) is 0 Å². The van der Waals surface area contributed by atoms with Crippen molar-refractivity contribution in [3.8, 4) is 18.2 Å². The van der Waals surface area contributed by atoms with Crippen molar-refractivity contribution in [3.63, 3.8) is 0 Å². The van der Waals surface area contributed by atoms with Crippen molar-refractivity contribution < 1.29 is 14.2 Å². The maximum Gasteiger partial charge on any atom is 0.141 e. The Morgan fingerprint density at radius 1 is 0.773 bits per heavy atom. The maximum atomic E-state index is 8.81. The van der Waals surface area contributed by atoms with Gasteiger partial charge in [0.2, 0.25) is 0 Å². The van der Waals surface area contributed by atoms with Crippen LogP contribution in [0.5, 0.6) is 0 Å². The Morgan fingerprint density at radius 3 is 1.95 bits per heavy atom. The molecule has 4 atom stereocenters. The minimum atomic E-state index is -0.495. The summed E-state index contributed by atoms with van der Waals surface area (Å²) in [5.41, 5.74) is 0. The van der Waals surface area contributed by atoms with Gasteiger partial charge < -0.3 is 14.2 Å². The Balaban J connectivity index is 3.95. The standard InChI is InChI=1S/C16H25N3O3/c1-13(9-17)20-8-6-4-5-7-16(22-15(3)11-19)12-21-14(2)10-18/h13-16H,4-8,12H2,1-3H3. The molecule has 0 radical (unpaired) electrons. The molecule has 6 heteroatoms. The van der Waals surface area contributed by atoms with Crippen LogP contribution in [0.2, 0.25) is 0 Å². The molecule has 0 fully saturated rings. The fraction of sp³-hybridized carbons (Fsp3) is 0.812. The summed E-state index contributed by atoms with van der Waals surface area (Å²) in [5, 5.41) is 26.1. The third-order valence-electron chi connectivity index (χ3n) is 3.01. The molecule has 0 heterocycles. The van der Waals surface area contributed by atoms with Crippen LogP contribution in [0.1, 0.15) is 46.5 Å². The molecule has 0 bridgehead atoms. The van der Waals surface area contributed by atoms with E-state index in [1.165, 1.54) is 0 Å². The fourth-order valence-electron chi connectivity index (χ4n) is 1.75. The molecule has 0 aromatic heterocycles. The molecular weight excluding hydrogens is 282 g/mol. The molecule has 6 nitrogen and oxygen atoms in total. The van der Waals surface area contributed by atoms with Gasteiger partial charge in [-0.1, -0.05) is 12.8 Å². The van der Waals surface area contributed by atoms with Crippen LogP contribution in [0.3, 0.4) is 0 Å². The van der Waals surface area contributed by atoms with E-state index in [0.29, 0.717) is 13.2 Å². The summed E-state index contributed by atoms with van der Waals surface area (Å²) < 4.78 is 16.2. The summed E-state index contributed by atoms with van der Waals surface area (Å²) in [7, 11) is 0. The zero-order valence-electron chi connectivity index (χ0n) is 13.6. The molecule has 0 spiro atoms. The van der Waals surface area contributed by atoms with Crippen LogP contribution in [0, 0.1) is 34.0 Å². The lowest BCUT2D eigenvalue weighted by Gasteiger charge is -2.20. The Kier molecular flexibility index (Phi) is 12.1. The van der Waals surface area contributed by atoms with Gasteiger partial charge in [-0.05, 0) is 33.6 Å². The van der Waals surface area contributed by atoms with Crippen molar-refractivity contribution in [2.24, 2.45) is 0 Å². The third kappa shape index (κ3) is 11.1.